The predicted molar refractivity (Wildman–Crippen MR) is 72.1 cm³/mol. The molecule has 0 radical (unpaired) electrons. The maximum absolute atomic E-state index is 13.8. The topological polar surface area (TPSA) is 92.7 Å². The second-order valence-corrected chi connectivity index (χ2v) is 6.62. The van der Waals surface area contributed by atoms with Gasteiger partial charge in [-0.2, -0.15) is 0 Å². The second-order valence-electron chi connectivity index (χ2n) is 4.94. The third kappa shape index (κ3) is 3.58. The van der Waals surface area contributed by atoms with Crippen molar-refractivity contribution in [2.24, 2.45) is 0 Å². The van der Waals surface area contributed by atoms with Crippen molar-refractivity contribution in [3.05, 3.63) is 29.6 Å². The van der Waals surface area contributed by atoms with E-state index in [9.17, 15) is 17.6 Å². The molecule has 1 aliphatic carbocycles. The molecule has 0 aromatic heterocycles. The second kappa shape index (κ2) is 6.08. The summed E-state index contributed by atoms with van der Waals surface area (Å²) in [5.74, 6) is -2.40. The SMILES string of the molecule is COC1CCC(NS(=O)(=O)c2ccc(C(=O)O)cc2F)C1. The lowest BCUT2D eigenvalue weighted by atomic mass is 10.2. The number of benzene rings is 1. The lowest BCUT2D eigenvalue weighted by molar-refractivity contribution is 0.0696. The first-order chi connectivity index (χ1) is 9.83. The summed E-state index contributed by atoms with van der Waals surface area (Å²) in [6.07, 6.45) is 1.89. The number of ether oxygens (including phenoxy) is 1. The summed E-state index contributed by atoms with van der Waals surface area (Å²) in [5, 5.41) is 8.74. The number of hydrogen-bond donors (Lipinski definition) is 2. The van der Waals surface area contributed by atoms with Gasteiger partial charge in [-0.25, -0.2) is 22.3 Å². The van der Waals surface area contributed by atoms with E-state index in [1.807, 2.05) is 0 Å². The van der Waals surface area contributed by atoms with Gasteiger partial charge in [-0.15, -0.1) is 0 Å². The minimum atomic E-state index is -4.02. The number of halogens is 1. The molecule has 0 spiro atoms. The Morgan fingerprint density at radius 3 is 2.67 bits per heavy atom. The third-order valence-electron chi connectivity index (χ3n) is 3.51. The molecular weight excluding hydrogens is 301 g/mol. The van der Waals surface area contributed by atoms with E-state index in [2.05, 4.69) is 4.72 Å². The van der Waals surface area contributed by atoms with Gasteiger partial charge in [-0.1, -0.05) is 0 Å². The summed E-state index contributed by atoms with van der Waals surface area (Å²) in [4.78, 5) is 10.2. The highest BCUT2D eigenvalue weighted by molar-refractivity contribution is 7.89. The largest absolute Gasteiger partial charge is 0.478 e. The lowest BCUT2D eigenvalue weighted by Gasteiger charge is -2.14. The molecule has 1 aromatic carbocycles. The molecule has 2 atom stereocenters. The highest BCUT2D eigenvalue weighted by Crippen LogP contribution is 2.24. The maximum Gasteiger partial charge on any atom is 0.335 e. The van der Waals surface area contributed by atoms with Gasteiger partial charge < -0.3 is 9.84 Å². The van der Waals surface area contributed by atoms with E-state index in [0.717, 1.165) is 18.6 Å². The normalized spacial score (nSPS) is 22.4. The van der Waals surface area contributed by atoms with Crippen LogP contribution in [0.5, 0.6) is 0 Å². The Kier molecular flexibility index (Phi) is 4.60. The van der Waals surface area contributed by atoms with Gasteiger partial charge in [0.15, 0.2) is 0 Å². The Bertz CT molecular complexity index is 646. The number of hydrogen-bond acceptors (Lipinski definition) is 4. The Morgan fingerprint density at radius 1 is 1.43 bits per heavy atom. The molecule has 8 heteroatoms. The fourth-order valence-electron chi connectivity index (χ4n) is 2.40. The van der Waals surface area contributed by atoms with Crippen molar-refractivity contribution in [3.63, 3.8) is 0 Å². The van der Waals surface area contributed by atoms with E-state index >= 15 is 0 Å². The van der Waals surface area contributed by atoms with Crippen molar-refractivity contribution in [2.75, 3.05) is 7.11 Å². The Balaban J connectivity index is 2.18. The monoisotopic (exact) mass is 317 g/mol. The Labute approximate surface area is 122 Å². The molecule has 6 nitrogen and oxygen atoms in total. The molecule has 21 heavy (non-hydrogen) atoms. The predicted octanol–water partition coefficient (Wildman–Crippen LogP) is 1.37. The molecule has 0 bridgehead atoms. The first kappa shape index (κ1) is 15.9. The number of carboxylic acid groups (broad SMARTS) is 1. The van der Waals surface area contributed by atoms with E-state index in [0.29, 0.717) is 18.9 Å². The van der Waals surface area contributed by atoms with E-state index in [1.54, 1.807) is 7.11 Å². The van der Waals surface area contributed by atoms with Crippen LogP contribution >= 0.6 is 0 Å². The standard InChI is InChI=1S/C13H16FNO5S/c1-20-10-4-3-9(7-10)15-21(18,19)12-5-2-8(13(16)17)6-11(12)14/h2,5-6,9-10,15H,3-4,7H2,1H3,(H,16,17). The maximum atomic E-state index is 13.8. The van der Waals surface area contributed by atoms with Gasteiger partial charge in [0.25, 0.3) is 0 Å². The molecular formula is C13H16FNO5S. The van der Waals surface area contributed by atoms with Crippen LogP contribution in [0.3, 0.4) is 0 Å². The van der Waals surface area contributed by atoms with Gasteiger partial charge >= 0.3 is 5.97 Å². The Morgan fingerprint density at radius 2 is 2.14 bits per heavy atom. The summed E-state index contributed by atoms with van der Waals surface area (Å²) >= 11 is 0. The van der Waals surface area contributed by atoms with Gasteiger partial charge in [0.05, 0.1) is 11.7 Å². The van der Waals surface area contributed by atoms with Crippen LogP contribution in [-0.4, -0.2) is 38.7 Å². The number of aromatic carboxylic acids is 1. The fraction of sp³-hybridized carbons (Fsp3) is 0.462. The minimum absolute atomic E-state index is 0.00284. The lowest BCUT2D eigenvalue weighted by Crippen LogP contribution is -2.34. The van der Waals surface area contributed by atoms with Crippen molar-refractivity contribution >= 4 is 16.0 Å². The van der Waals surface area contributed by atoms with Crippen LogP contribution < -0.4 is 4.72 Å². The van der Waals surface area contributed by atoms with E-state index in [-0.39, 0.29) is 17.7 Å². The van der Waals surface area contributed by atoms with Crippen LogP contribution in [0.1, 0.15) is 29.6 Å². The van der Waals surface area contributed by atoms with Crippen LogP contribution in [0.4, 0.5) is 4.39 Å². The quantitative estimate of drug-likeness (QED) is 0.855. The van der Waals surface area contributed by atoms with Crippen LogP contribution in [0.2, 0.25) is 0 Å². The van der Waals surface area contributed by atoms with Crippen LogP contribution in [0.15, 0.2) is 23.1 Å². The molecule has 2 N–H and O–H groups in total. The molecule has 2 rings (SSSR count). The average molecular weight is 317 g/mol. The van der Waals surface area contributed by atoms with Crippen molar-refractivity contribution in [1.29, 1.82) is 0 Å². The number of rotatable bonds is 5. The van der Waals surface area contributed by atoms with Gasteiger partial charge in [0.2, 0.25) is 10.0 Å². The summed E-state index contributed by atoms with van der Waals surface area (Å²) in [7, 11) is -2.46. The van der Waals surface area contributed by atoms with Crippen molar-refractivity contribution < 1.29 is 27.4 Å². The number of sulfonamides is 1. The Hall–Kier alpha value is -1.51. The van der Waals surface area contributed by atoms with Crippen molar-refractivity contribution in [2.45, 2.75) is 36.3 Å². The zero-order chi connectivity index (χ0) is 15.6. The van der Waals surface area contributed by atoms with E-state index in [4.69, 9.17) is 9.84 Å². The zero-order valence-electron chi connectivity index (χ0n) is 11.4. The minimum Gasteiger partial charge on any atom is -0.478 e. The molecule has 2 unspecified atom stereocenters. The first-order valence-corrected chi connectivity index (χ1v) is 7.90. The van der Waals surface area contributed by atoms with E-state index < -0.39 is 26.7 Å². The highest BCUT2D eigenvalue weighted by atomic mass is 32.2. The number of carbonyl (C=O) groups is 1. The fourth-order valence-corrected chi connectivity index (χ4v) is 3.74. The highest BCUT2D eigenvalue weighted by Gasteiger charge is 2.30. The molecule has 0 saturated heterocycles. The molecule has 116 valence electrons. The molecule has 1 aliphatic rings. The van der Waals surface area contributed by atoms with Crippen LogP contribution in [0, 0.1) is 5.82 Å². The van der Waals surface area contributed by atoms with Crippen molar-refractivity contribution in [3.8, 4) is 0 Å². The zero-order valence-corrected chi connectivity index (χ0v) is 12.2. The van der Waals surface area contributed by atoms with Gasteiger partial charge in [0.1, 0.15) is 10.7 Å². The smallest absolute Gasteiger partial charge is 0.335 e. The summed E-state index contributed by atoms with van der Waals surface area (Å²) in [6.45, 7) is 0. The van der Waals surface area contributed by atoms with E-state index in [1.165, 1.54) is 0 Å². The molecule has 1 fully saturated rings. The molecule has 1 aromatic rings. The number of nitrogens with one attached hydrogen (secondary N) is 1. The molecule has 1 saturated carbocycles. The average Bonchev–Trinajstić information content (AvgIpc) is 2.85. The van der Waals surface area contributed by atoms with Crippen LogP contribution in [-0.2, 0) is 14.8 Å². The number of carboxylic acids is 1. The summed E-state index contributed by atoms with van der Waals surface area (Å²) in [5.41, 5.74) is -0.299. The summed E-state index contributed by atoms with van der Waals surface area (Å²) < 4.78 is 45.7. The summed E-state index contributed by atoms with van der Waals surface area (Å²) in [6, 6.07) is 2.42. The van der Waals surface area contributed by atoms with Gasteiger partial charge in [0, 0.05) is 13.2 Å². The van der Waals surface area contributed by atoms with Gasteiger partial charge in [-0.05, 0) is 37.5 Å². The molecule has 0 amide bonds. The van der Waals surface area contributed by atoms with Crippen LogP contribution in [0.25, 0.3) is 0 Å². The first-order valence-electron chi connectivity index (χ1n) is 6.41. The van der Waals surface area contributed by atoms with Gasteiger partial charge in [-0.3, -0.25) is 0 Å². The third-order valence-corrected chi connectivity index (χ3v) is 5.06. The van der Waals surface area contributed by atoms with Crippen molar-refractivity contribution in [1.82, 2.24) is 4.72 Å². The number of methoxy groups -OCH3 is 1. The molecule has 0 heterocycles. The molecule has 0 aliphatic heterocycles.